The predicted molar refractivity (Wildman–Crippen MR) is 127 cm³/mol. The predicted octanol–water partition coefficient (Wildman–Crippen LogP) is 5.59. The van der Waals surface area contributed by atoms with Gasteiger partial charge in [0.2, 0.25) is 5.91 Å². The van der Waals surface area contributed by atoms with Crippen LogP contribution in [0.15, 0.2) is 42.5 Å². The van der Waals surface area contributed by atoms with Gasteiger partial charge in [0.1, 0.15) is 11.4 Å². The van der Waals surface area contributed by atoms with Crippen LogP contribution in [-0.2, 0) is 4.79 Å². The molecule has 0 unspecified atom stereocenters. The lowest BCUT2D eigenvalue weighted by Crippen LogP contribution is -2.58. The minimum Gasteiger partial charge on any atom is -0.339 e. The summed E-state index contributed by atoms with van der Waals surface area (Å²) in [5.74, 6) is 0.205. The zero-order chi connectivity index (χ0) is 22.3. The maximum atomic E-state index is 13.4. The molecule has 2 aliphatic heterocycles. The van der Waals surface area contributed by atoms with E-state index in [9.17, 15) is 9.18 Å². The summed E-state index contributed by atoms with van der Waals surface area (Å²) in [5, 5.41) is 4.45. The number of amides is 1. The van der Waals surface area contributed by atoms with Crippen LogP contribution in [0, 0.1) is 5.82 Å². The molecule has 2 aromatic rings. The molecule has 32 heavy (non-hydrogen) atoms. The highest BCUT2D eigenvalue weighted by Gasteiger charge is 2.51. The van der Waals surface area contributed by atoms with Crippen molar-refractivity contribution in [2.75, 3.05) is 24.7 Å². The second-order valence-electron chi connectivity index (χ2n) is 9.26. The van der Waals surface area contributed by atoms with Gasteiger partial charge in [-0.25, -0.2) is 4.39 Å². The lowest BCUT2D eigenvalue weighted by atomic mass is 9.77. The molecule has 1 saturated carbocycles. The van der Waals surface area contributed by atoms with Crippen LogP contribution >= 0.6 is 23.2 Å². The van der Waals surface area contributed by atoms with E-state index < -0.39 is 5.54 Å². The van der Waals surface area contributed by atoms with E-state index in [1.54, 1.807) is 12.1 Å². The van der Waals surface area contributed by atoms with Crippen molar-refractivity contribution < 1.29 is 9.18 Å². The largest absolute Gasteiger partial charge is 0.339 e. The van der Waals surface area contributed by atoms with E-state index in [0.29, 0.717) is 23.7 Å². The number of hydrogen-bond acceptors (Lipinski definition) is 3. The van der Waals surface area contributed by atoms with Gasteiger partial charge >= 0.3 is 0 Å². The highest BCUT2D eigenvalue weighted by molar-refractivity contribution is 6.35. The van der Waals surface area contributed by atoms with E-state index in [0.717, 1.165) is 49.5 Å². The molecular formula is C25H28Cl2FN3O. The fourth-order valence-corrected chi connectivity index (χ4v) is 6.53. The van der Waals surface area contributed by atoms with Crippen molar-refractivity contribution in [1.82, 2.24) is 10.2 Å². The fraction of sp³-hybridized carbons (Fsp3) is 0.480. The summed E-state index contributed by atoms with van der Waals surface area (Å²) in [6.07, 6.45) is 6.21. The quantitative estimate of drug-likeness (QED) is 0.628. The van der Waals surface area contributed by atoms with Crippen molar-refractivity contribution in [2.45, 2.75) is 56.0 Å². The Morgan fingerprint density at radius 1 is 1.00 bits per heavy atom. The Hall–Kier alpha value is -1.82. The van der Waals surface area contributed by atoms with Gasteiger partial charge in [-0.15, -0.1) is 0 Å². The molecule has 2 aromatic carbocycles. The molecule has 5 rings (SSSR count). The van der Waals surface area contributed by atoms with Crippen LogP contribution in [0.5, 0.6) is 0 Å². The number of hydrogen-bond donors (Lipinski definition) is 1. The Balaban J connectivity index is 1.35. The molecule has 3 aliphatic rings. The second-order valence-corrected chi connectivity index (χ2v) is 10.1. The number of rotatable bonds is 3. The molecule has 0 aromatic heterocycles. The average Bonchev–Trinajstić information content (AvgIpc) is 3.10. The molecule has 1 amide bonds. The minimum absolute atomic E-state index is 0.0856. The second kappa shape index (κ2) is 8.85. The first-order valence-corrected chi connectivity index (χ1v) is 12.2. The van der Waals surface area contributed by atoms with Crippen molar-refractivity contribution in [3.8, 4) is 0 Å². The maximum Gasteiger partial charge on any atom is 0.247 e. The lowest BCUT2D eigenvalue weighted by molar-refractivity contribution is -0.125. The van der Waals surface area contributed by atoms with Gasteiger partial charge < -0.3 is 10.2 Å². The van der Waals surface area contributed by atoms with Gasteiger partial charge in [-0.3, -0.25) is 9.69 Å². The van der Waals surface area contributed by atoms with Crippen LogP contribution in [0.3, 0.4) is 0 Å². The van der Waals surface area contributed by atoms with E-state index in [2.05, 4.69) is 21.2 Å². The molecule has 2 heterocycles. The molecule has 1 aliphatic carbocycles. The third-order valence-electron chi connectivity index (χ3n) is 7.66. The Morgan fingerprint density at radius 3 is 2.44 bits per heavy atom. The molecule has 170 valence electrons. The number of anilines is 1. The SMILES string of the molecule is O=C1NCN(c2ccc(F)cc2)C12CCN([C@@H]1CCCC[C@@H]1c1ccc(Cl)cc1Cl)CC2. The Labute approximate surface area is 198 Å². The number of carbonyl (C=O) groups is 1. The normalized spacial score (nSPS) is 25.8. The van der Waals surface area contributed by atoms with Crippen LogP contribution in [0.4, 0.5) is 10.1 Å². The summed E-state index contributed by atoms with van der Waals surface area (Å²) in [6, 6.07) is 12.7. The number of halogens is 3. The minimum atomic E-state index is -0.559. The zero-order valence-electron chi connectivity index (χ0n) is 18.0. The first-order valence-electron chi connectivity index (χ1n) is 11.5. The van der Waals surface area contributed by atoms with Crippen molar-refractivity contribution in [3.63, 3.8) is 0 Å². The molecule has 2 saturated heterocycles. The van der Waals surface area contributed by atoms with E-state index >= 15 is 0 Å². The van der Waals surface area contributed by atoms with Crippen molar-refractivity contribution in [3.05, 3.63) is 63.9 Å². The fourth-order valence-electron chi connectivity index (χ4n) is 5.98. The molecule has 7 heteroatoms. The first kappa shape index (κ1) is 22.0. The van der Waals surface area contributed by atoms with E-state index in [4.69, 9.17) is 23.2 Å². The highest BCUT2D eigenvalue weighted by Crippen LogP contribution is 2.43. The van der Waals surface area contributed by atoms with E-state index in [1.165, 1.54) is 30.5 Å². The number of nitrogens with zero attached hydrogens (tertiary/aromatic N) is 2. The third-order valence-corrected chi connectivity index (χ3v) is 8.22. The average molecular weight is 476 g/mol. The molecule has 0 radical (unpaired) electrons. The third kappa shape index (κ3) is 3.89. The van der Waals surface area contributed by atoms with Crippen LogP contribution in [0.25, 0.3) is 0 Å². The van der Waals surface area contributed by atoms with Gasteiger partial charge in [0.05, 0.1) is 6.67 Å². The summed E-state index contributed by atoms with van der Waals surface area (Å²) in [7, 11) is 0. The van der Waals surface area contributed by atoms with Crippen LogP contribution in [-0.4, -0.2) is 42.1 Å². The number of benzene rings is 2. The summed E-state index contributed by atoms with van der Waals surface area (Å²) in [4.78, 5) is 17.7. The van der Waals surface area contributed by atoms with Crippen molar-refractivity contribution in [2.24, 2.45) is 0 Å². The zero-order valence-corrected chi connectivity index (χ0v) is 19.5. The molecule has 2 atom stereocenters. The summed E-state index contributed by atoms with van der Waals surface area (Å²) in [6.45, 7) is 2.19. The number of piperidine rings is 1. The number of carbonyl (C=O) groups excluding carboxylic acids is 1. The van der Waals surface area contributed by atoms with Gasteiger partial charge in [0, 0.05) is 40.8 Å². The Morgan fingerprint density at radius 2 is 1.72 bits per heavy atom. The van der Waals surface area contributed by atoms with Gasteiger partial charge in [-0.05, 0) is 67.6 Å². The highest BCUT2D eigenvalue weighted by atomic mass is 35.5. The molecular weight excluding hydrogens is 448 g/mol. The monoisotopic (exact) mass is 475 g/mol. The lowest BCUT2D eigenvalue weighted by Gasteiger charge is -2.48. The molecule has 3 fully saturated rings. The maximum absolute atomic E-state index is 13.4. The van der Waals surface area contributed by atoms with Crippen molar-refractivity contribution >= 4 is 34.8 Å². The van der Waals surface area contributed by atoms with Gasteiger partial charge in [-0.1, -0.05) is 42.1 Å². The number of nitrogens with one attached hydrogen (secondary N) is 1. The van der Waals surface area contributed by atoms with Gasteiger partial charge in [0.15, 0.2) is 0 Å². The summed E-state index contributed by atoms with van der Waals surface area (Å²) < 4.78 is 13.4. The van der Waals surface area contributed by atoms with Crippen LogP contribution in [0.2, 0.25) is 10.0 Å². The van der Waals surface area contributed by atoms with Crippen molar-refractivity contribution in [1.29, 1.82) is 0 Å². The van der Waals surface area contributed by atoms with E-state index in [1.807, 2.05) is 12.1 Å². The first-order chi connectivity index (χ1) is 15.5. The smallest absolute Gasteiger partial charge is 0.247 e. The molecule has 1 spiro atoms. The molecule has 1 N–H and O–H groups in total. The van der Waals surface area contributed by atoms with Crippen LogP contribution < -0.4 is 10.2 Å². The molecule has 0 bridgehead atoms. The Kier molecular flexibility index (Phi) is 6.08. The molecule has 4 nitrogen and oxygen atoms in total. The summed E-state index contributed by atoms with van der Waals surface area (Å²) >= 11 is 12.7. The van der Waals surface area contributed by atoms with E-state index in [-0.39, 0.29) is 11.7 Å². The van der Waals surface area contributed by atoms with Crippen LogP contribution in [0.1, 0.15) is 50.0 Å². The number of likely N-dealkylation sites (tertiary alicyclic amines) is 1. The Bertz CT molecular complexity index is 991. The topological polar surface area (TPSA) is 35.6 Å². The van der Waals surface area contributed by atoms with Gasteiger partial charge in [0.25, 0.3) is 0 Å². The standard InChI is InChI=1S/C25H28Cl2FN3O/c26-17-5-10-20(22(27)15-17)21-3-1-2-4-23(21)30-13-11-25(12-14-30)24(32)29-16-31(25)19-8-6-18(28)7-9-19/h5-10,15,21,23H,1-4,11-14,16H2,(H,29,32)/t21-,23-/m1/s1. The summed E-state index contributed by atoms with van der Waals surface area (Å²) in [5.41, 5.74) is 1.52. The van der Waals surface area contributed by atoms with Gasteiger partial charge in [-0.2, -0.15) is 0 Å².